The predicted octanol–water partition coefficient (Wildman–Crippen LogP) is -0.103. The van der Waals surface area contributed by atoms with Crippen molar-refractivity contribution in [1.29, 1.82) is 0 Å². The molecule has 98 valence electrons. The highest BCUT2D eigenvalue weighted by molar-refractivity contribution is 5.99. The number of nitrogens with zero attached hydrogens (tertiary/aromatic N) is 1. The molecule has 1 aromatic carbocycles. The van der Waals surface area contributed by atoms with Crippen molar-refractivity contribution in [3.05, 3.63) is 23.8 Å². The molecule has 4 N–H and O–H groups in total. The SMILES string of the molecule is NCC1CN(C(=O)c2c(O)cccc2O)CCO1. The molecule has 1 fully saturated rings. The molecule has 1 aromatic rings. The van der Waals surface area contributed by atoms with Gasteiger partial charge in [0.1, 0.15) is 17.1 Å². The fourth-order valence-corrected chi connectivity index (χ4v) is 1.95. The summed E-state index contributed by atoms with van der Waals surface area (Å²) in [5.74, 6) is -0.862. The van der Waals surface area contributed by atoms with E-state index in [0.29, 0.717) is 26.2 Å². The fourth-order valence-electron chi connectivity index (χ4n) is 1.95. The van der Waals surface area contributed by atoms with E-state index < -0.39 is 5.91 Å². The number of hydrogen-bond donors (Lipinski definition) is 3. The van der Waals surface area contributed by atoms with Crippen LogP contribution in [0.25, 0.3) is 0 Å². The van der Waals surface area contributed by atoms with Gasteiger partial charge in [0.15, 0.2) is 0 Å². The number of morpholine rings is 1. The van der Waals surface area contributed by atoms with Gasteiger partial charge in [-0.15, -0.1) is 0 Å². The number of rotatable bonds is 2. The third-order valence-electron chi connectivity index (χ3n) is 2.92. The van der Waals surface area contributed by atoms with Gasteiger partial charge in [0.05, 0.1) is 12.7 Å². The maximum Gasteiger partial charge on any atom is 0.261 e. The van der Waals surface area contributed by atoms with Gasteiger partial charge in [0, 0.05) is 19.6 Å². The molecule has 0 bridgehead atoms. The minimum absolute atomic E-state index is 0.0739. The Morgan fingerprint density at radius 2 is 2.11 bits per heavy atom. The molecule has 1 atom stereocenters. The topological polar surface area (TPSA) is 96.0 Å². The van der Waals surface area contributed by atoms with E-state index in [2.05, 4.69) is 0 Å². The summed E-state index contributed by atoms with van der Waals surface area (Å²) >= 11 is 0. The predicted molar refractivity (Wildman–Crippen MR) is 64.5 cm³/mol. The molecular weight excluding hydrogens is 236 g/mol. The third-order valence-corrected chi connectivity index (χ3v) is 2.92. The first-order valence-corrected chi connectivity index (χ1v) is 5.75. The molecule has 0 aliphatic carbocycles. The summed E-state index contributed by atoms with van der Waals surface area (Å²) < 4.78 is 5.36. The van der Waals surface area contributed by atoms with Crippen LogP contribution in [-0.2, 0) is 4.74 Å². The van der Waals surface area contributed by atoms with Crippen LogP contribution >= 0.6 is 0 Å². The highest BCUT2D eigenvalue weighted by Gasteiger charge is 2.27. The van der Waals surface area contributed by atoms with Crippen LogP contribution in [0.5, 0.6) is 11.5 Å². The van der Waals surface area contributed by atoms with E-state index in [-0.39, 0.29) is 23.2 Å². The Kier molecular flexibility index (Phi) is 3.69. The van der Waals surface area contributed by atoms with E-state index in [1.807, 2.05) is 0 Å². The molecule has 6 nitrogen and oxygen atoms in total. The Hall–Kier alpha value is -1.79. The molecule has 6 heteroatoms. The van der Waals surface area contributed by atoms with Gasteiger partial charge in [-0.25, -0.2) is 0 Å². The van der Waals surface area contributed by atoms with Crippen molar-refractivity contribution in [2.75, 3.05) is 26.2 Å². The van der Waals surface area contributed by atoms with E-state index in [0.717, 1.165) is 0 Å². The second kappa shape index (κ2) is 5.24. The number of benzene rings is 1. The zero-order valence-corrected chi connectivity index (χ0v) is 9.87. The number of carbonyl (C=O) groups excluding carboxylic acids is 1. The summed E-state index contributed by atoms with van der Waals surface area (Å²) in [6, 6.07) is 4.21. The van der Waals surface area contributed by atoms with Crippen molar-refractivity contribution in [2.24, 2.45) is 5.73 Å². The molecule has 1 amide bonds. The second-order valence-corrected chi connectivity index (χ2v) is 4.15. The number of amides is 1. The van der Waals surface area contributed by atoms with Crippen LogP contribution in [0.15, 0.2) is 18.2 Å². The van der Waals surface area contributed by atoms with Crippen LogP contribution in [0.3, 0.4) is 0 Å². The summed E-state index contributed by atoms with van der Waals surface area (Å²) in [5.41, 5.74) is 5.43. The standard InChI is InChI=1S/C12H16N2O4/c13-6-8-7-14(4-5-18-8)12(17)11-9(15)2-1-3-10(11)16/h1-3,8,15-16H,4-7,13H2. The number of hydrogen-bond acceptors (Lipinski definition) is 5. The minimum atomic E-state index is -0.410. The second-order valence-electron chi connectivity index (χ2n) is 4.15. The van der Waals surface area contributed by atoms with Gasteiger partial charge in [-0.2, -0.15) is 0 Å². The lowest BCUT2D eigenvalue weighted by molar-refractivity contribution is -0.0169. The van der Waals surface area contributed by atoms with Gasteiger partial charge in [0.2, 0.25) is 0 Å². The minimum Gasteiger partial charge on any atom is -0.507 e. The van der Waals surface area contributed by atoms with Gasteiger partial charge in [0.25, 0.3) is 5.91 Å². The van der Waals surface area contributed by atoms with Crippen LogP contribution in [0, 0.1) is 0 Å². The van der Waals surface area contributed by atoms with Gasteiger partial charge < -0.3 is 25.6 Å². The maximum absolute atomic E-state index is 12.2. The van der Waals surface area contributed by atoms with Crippen LogP contribution in [0.1, 0.15) is 10.4 Å². The Labute approximate surface area is 105 Å². The zero-order valence-electron chi connectivity index (χ0n) is 9.87. The van der Waals surface area contributed by atoms with Gasteiger partial charge in [-0.05, 0) is 12.1 Å². The van der Waals surface area contributed by atoms with Crippen molar-refractivity contribution in [2.45, 2.75) is 6.10 Å². The van der Waals surface area contributed by atoms with Crippen molar-refractivity contribution >= 4 is 5.91 Å². The monoisotopic (exact) mass is 252 g/mol. The lowest BCUT2D eigenvalue weighted by atomic mass is 10.1. The Bertz CT molecular complexity index is 429. The van der Waals surface area contributed by atoms with E-state index >= 15 is 0 Å². The highest BCUT2D eigenvalue weighted by atomic mass is 16.5. The molecule has 0 aromatic heterocycles. The third kappa shape index (κ3) is 2.39. The van der Waals surface area contributed by atoms with Crippen molar-refractivity contribution in [1.82, 2.24) is 4.90 Å². The largest absolute Gasteiger partial charge is 0.507 e. The molecule has 0 spiro atoms. The Morgan fingerprint density at radius 3 is 2.72 bits per heavy atom. The first-order chi connectivity index (χ1) is 8.63. The van der Waals surface area contributed by atoms with E-state index in [1.165, 1.54) is 23.1 Å². The van der Waals surface area contributed by atoms with Crippen LogP contribution in [0.4, 0.5) is 0 Å². The molecule has 18 heavy (non-hydrogen) atoms. The number of ether oxygens (including phenoxy) is 1. The van der Waals surface area contributed by atoms with Crippen molar-refractivity contribution in [3.63, 3.8) is 0 Å². The molecular formula is C12H16N2O4. The molecule has 1 aliphatic rings. The Morgan fingerprint density at radius 1 is 1.44 bits per heavy atom. The lowest BCUT2D eigenvalue weighted by Crippen LogP contribution is -2.48. The fraction of sp³-hybridized carbons (Fsp3) is 0.417. The summed E-state index contributed by atoms with van der Waals surface area (Å²) in [4.78, 5) is 13.7. The van der Waals surface area contributed by atoms with E-state index in [1.54, 1.807) is 0 Å². The number of carbonyl (C=O) groups is 1. The number of phenolic OH excluding ortho intramolecular Hbond substituents is 2. The number of phenols is 2. The number of aromatic hydroxyl groups is 2. The van der Waals surface area contributed by atoms with Crippen LogP contribution < -0.4 is 5.73 Å². The molecule has 0 radical (unpaired) electrons. The lowest BCUT2D eigenvalue weighted by Gasteiger charge is -2.32. The average molecular weight is 252 g/mol. The van der Waals surface area contributed by atoms with Gasteiger partial charge in [-0.3, -0.25) is 4.79 Å². The molecule has 0 saturated carbocycles. The summed E-state index contributed by atoms with van der Waals surface area (Å²) in [7, 11) is 0. The zero-order chi connectivity index (χ0) is 13.1. The van der Waals surface area contributed by atoms with Crippen LogP contribution in [-0.4, -0.2) is 53.4 Å². The summed E-state index contributed by atoms with van der Waals surface area (Å²) in [6.45, 7) is 1.52. The number of nitrogens with two attached hydrogens (primary N) is 1. The molecule has 2 rings (SSSR count). The quantitative estimate of drug-likeness (QED) is 0.683. The van der Waals surface area contributed by atoms with Crippen LogP contribution in [0.2, 0.25) is 0 Å². The van der Waals surface area contributed by atoms with E-state index in [9.17, 15) is 15.0 Å². The summed E-state index contributed by atoms with van der Waals surface area (Å²) in [5, 5.41) is 19.3. The van der Waals surface area contributed by atoms with Crippen molar-refractivity contribution < 1.29 is 19.7 Å². The normalized spacial score (nSPS) is 19.8. The highest BCUT2D eigenvalue weighted by Crippen LogP contribution is 2.28. The first-order valence-electron chi connectivity index (χ1n) is 5.75. The van der Waals surface area contributed by atoms with Crippen molar-refractivity contribution in [3.8, 4) is 11.5 Å². The first kappa shape index (κ1) is 12.7. The Balaban J connectivity index is 2.20. The smallest absolute Gasteiger partial charge is 0.261 e. The molecule has 1 unspecified atom stereocenters. The molecule has 1 aliphatic heterocycles. The van der Waals surface area contributed by atoms with Gasteiger partial charge in [-0.1, -0.05) is 6.07 Å². The summed E-state index contributed by atoms with van der Waals surface area (Å²) in [6.07, 6.45) is -0.198. The maximum atomic E-state index is 12.2. The molecule has 1 heterocycles. The van der Waals surface area contributed by atoms with Gasteiger partial charge >= 0.3 is 0 Å². The van der Waals surface area contributed by atoms with E-state index in [4.69, 9.17) is 10.5 Å². The molecule has 1 saturated heterocycles. The average Bonchev–Trinajstić information content (AvgIpc) is 2.38.